The number of rotatable bonds is 5. The third-order valence-electron chi connectivity index (χ3n) is 2.25. The number of hydrogen-bond acceptors (Lipinski definition) is 2. The number of amides is 1. The van der Waals surface area contributed by atoms with Crippen molar-refractivity contribution in [3.63, 3.8) is 0 Å². The molecule has 1 atom stereocenters. The van der Waals surface area contributed by atoms with Gasteiger partial charge in [-0.15, -0.1) is 0 Å². The summed E-state index contributed by atoms with van der Waals surface area (Å²) in [4.78, 5) is 25.5. The second-order valence-electron chi connectivity index (χ2n) is 4.38. The molecule has 0 aliphatic rings. The van der Waals surface area contributed by atoms with E-state index < -0.39 is 0 Å². The van der Waals surface area contributed by atoms with E-state index in [4.69, 9.17) is 0 Å². The number of aromatic amines is 1. The summed E-state index contributed by atoms with van der Waals surface area (Å²) in [7, 11) is 0. The molecule has 1 unspecified atom stereocenters. The third-order valence-corrected chi connectivity index (χ3v) is 2.95. The van der Waals surface area contributed by atoms with E-state index in [0.29, 0.717) is 18.0 Å². The van der Waals surface area contributed by atoms with E-state index in [0.717, 1.165) is 6.42 Å². The van der Waals surface area contributed by atoms with Gasteiger partial charge in [0, 0.05) is 29.2 Å². The van der Waals surface area contributed by atoms with Crippen LogP contribution in [-0.2, 0) is 0 Å². The highest BCUT2D eigenvalue weighted by atomic mass is 79.9. The van der Waals surface area contributed by atoms with Crippen LogP contribution >= 0.6 is 15.9 Å². The summed E-state index contributed by atoms with van der Waals surface area (Å²) in [5.74, 6) is 0.361. The first-order valence-electron chi connectivity index (χ1n) is 5.60. The Morgan fingerprint density at radius 1 is 1.53 bits per heavy atom. The Bertz CT molecular complexity index is 429. The van der Waals surface area contributed by atoms with Crippen LogP contribution in [0.4, 0.5) is 0 Å². The summed E-state index contributed by atoms with van der Waals surface area (Å²) in [6.45, 7) is 4.82. The molecule has 0 saturated carbocycles. The summed E-state index contributed by atoms with van der Waals surface area (Å²) < 4.78 is 0. The van der Waals surface area contributed by atoms with Gasteiger partial charge in [-0.1, -0.05) is 29.8 Å². The maximum Gasteiger partial charge on any atom is 0.251 e. The van der Waals surface area contributed by atoms with E-state index in [1.54, 1.807) is 6.07 Å². The molecule has 5 heteroatoms. The predicted octanol–water partition coefficient (Wildman–Crippen LogP) is 1.91. The largest absolute Gasteiger partial charge is 0.351 e. The number of H-pyrrole nitrogens is 1. The summed E-state index contributed by atoms with van der Waals surface area (Å²) >= 11 is 3.51. The van der Waals surface area contributed by atoms with Crippen LogP contribution in [0.5, 0.6) is 0 Å². The molecule has 0 spiro atoms. The molecule has 1 rings (SSSR count). The Balaban J connectivity index is 2.47. The predicted molar refractivity (Wildman–Crippen MR) is 71.6 cm³/mol. The van der Waals surface area contributed by atoms with Gasteiger partial charge in [0.05, 0.1) is 0 Å². The average molecular weight is 301 g/mol. The molecule has 0 aliphatic carbocycles. The van der Waals surface area contributed by atoms with Gasteiger partial charge in [-0.05, 0) is 18.4 Å². The van der Waals surface area contributed by atoms with E-state index in [2.05, 4.69) is 40.1 Å². The van der Waals surface area contributed by atoms with Gasteiger partial charge >= 0.3 is 0 Å². The van der Waals surface area contributed by atoms with Crippen molar-refractivity contribution in [2.75, 3.05) is 6.54 Å². The highest BCUT2D eigenvalue weighted by Crippen LogP contribution is 2.11. The van der Waals surface area contributed by atoms with Gasteiger partial charge in [-0.2, -0.15) is 0 Å². The minimum atomic E-state index is -0.268. The SMILES string of the molecule is CC(C)CC(Br)CNC(=O)c1cc[nH]c(=O)c1. The Kier molecular flexibility index (Phi) is 5.41. The number of pyridine rings is 1. The maximum atomic E-state index is 11.7. The lowest BCUT2D eigenvalue weighted by Gasteiger charge is -2.13. The molecule has 17 heavy (non-hydrogen) atoms. The van der Waals surface area contributed by atoms with Gasteiger partial charge in [0.25, 0.3) is 5.91 Å². The van der Waals surface area contributed by atoms with Crippen LogP contribution in [0.15, 0.2) is 23.1 Å². The molecule has 0 bridgehead atoms. The molecule has 0 radical (unpaired) electrons. The molecule has 0 aliphatic heterocycles. The first-order valence-corrected chi connectivity index (χ1v) is 6.51. The molecule has 0 saturated heterocycles. The van der Waals surface area contributed by atoms with Crippen LogP contribution in [0.1, 0.15) is 30.6 Å². The Morgan fingerprint density at radius 2 is 2.24 bits per heavy atom. The molecular weight excluding hydrogens is 284 g/mol. The molecule has 94 valence electrons. The fraction of sp³-hybridized carbons (Fsp3) is 0.500. The molecule has 1 amide bonds. The normalized spacial score (nSPS) is 12.5. The van der Waals surface area contributed by atoms with Crippen molar-refractivity contribution in [1.29, 1.82) is 0 Å². The lowest BCUT2D eigenvalue weighted by Crippen LogP contribution is -2.30. The van der Waals surface area contributed by atoms with Gasteiger partial charge in [0.2, 0.25) is 5.56 Å². The van der Waals surface area contributed by atoms with Crippen molar-refractivity contribution in [2.24, 2.45) is 5.92 Å². The minimum Gasteiger partial charge on any atom is -0.351 e. The van der Waals surface area contributed by atoms with Crippen molar-refractivity contribution < 1.29 is 4.79 Å². The topological polar surface area (TPSA) is 62.0 Å². The van der Waals surface area contributed by atoms with Gasteiger partial charge < -0.3 is 10.3 Å². The van der Waals surface area contributed by atoms with Crippen molar-refractivity contribution in [2.45, 2.75) is 25.1 Å². The molecule has 1 heterocycles. The highest BCUT2D eigenvalue weighted by Gasteiger charge is 2.10. The summed E-state index contributed by atoms with van der Waals surface area (Å²) in [6.07, 6.45) is 2.46. The smallest absolute Gasteiger partial charge is 0.251 e. The van der Waals surface area contributed by atoms with Crippen LogP contribution in [0.2, 0.25) is 0 Å². The number of carbonyl (C=O) groups is 1. The van der Waals surface area contributed by atoms with E-state index >= 15 is 0 Å². The summed E-state index contributed by atoms with van der Waals surface area (Å²) in [5.41, 5.74) is 0.119. The van der Waals surface area contributed by atoms with Crippen molar-refractivity contribution >= 4 is 21.8 Å². The quantitative estimate of drug-likeness (QED) is 0.816. The fourth-order valence-corrected chi connectivity index (χ4v) is 2.40. The van der Waals surface area contributed by atoms with Crippen LogP contribution in [0.3, 0.4) is 0 Å². The van der Waals surface area contributed by atoms with Gasteiger partial charge in [0.15, 0.2) is 0 Å². The van der Waals surface area contributed by atoms with Crippen LogP contribution in [-0.4, -0.2) is 22.3 Å². The third kappa shape index (κ3) is 5.17. The zero-order chi connectivity index (χ0) is 12.8. The minimum absolute atomic E-state index is 0.218. The molecule has 1 aromatic heterocycles. The Morgan fingerprint density at radius 3 is 2.82 bits per heavy atom. The van der Waals surface area contributed by atoms with Crippen LogP contribution in [0, 0.1) is 5.92 Å². The number of hydrogen-bond donors (Lipinski definition) is 2. The lowest BCUT2D eigenvalue weighted by molar-refractivity contribution is 0.0953. The summed E-state index contributed by atoms with van der Waals surface area (Å²) in [5, 5.41) is 2.79. The standard InChI is InChI=1S/C12H17BrN2O2/c1-8(2)5-10(13)7-15-12(17)9-3-4-14-11(16)6-9/h3-4,6,8,10H,5,7H2,1-2H3,(H,14,16)(H,15,17). The monoisotopic (exact) mass is 300 g/mol. The second kappa shape index (κ2) is 6.59. The lowest BCUT2D eigenvalue weighted by atomic mass is 10.1. The Hall–Kier alpha value is -1.10. The first kappa shape index (κ1) is 14.0. The molecule has 2 N–H and O–H groups in total. The zero-order valence-corrected chi connectivity index (χ0v) is 11.6. The summed E-state index contributed by atoms with van der Waals surface area (Å²) in [6, 6.07) is 2.88. The van der Waals surface area contributed by atoms with Crippen molar-refractivity contribution in [1.82, 2.24) is 10.3 Å². The first-order chi connectivity index (χ1) is 7.99. The van der Waals surface area contributed by atoms with Gasteiger partial charge in [-0.3, -0.25) is 9.59 Å². The fourth-order valence-electron chi connectivity index (χ4n) is 1.49. The number of aromatic nitrogens is 1. The molecule has 4 nitrogen and oxygen atoms in total. The maximum absolute atomic E-state index is 11.7. The highest BCUT2D eigenvalue weighted by molar-refractivity contribution is 9.09. The van der Waals surface area contributed by atoms with Gasteiger partial charge in [-0.25, -0.2) is 0 Å². The average Bonchev–Trinajstić information content (AvgIpc) is 2.25. The number of carbonyl (C=O) groups excluding carboxylic acids is 1. The van der Waals surface area contributed by atoms with Crippen LogP contribution < -0.4 is 10.9 Å². The molecule has 0 fully saturated rings. The number of alkyl halides is 1. The zero-order valence-electron chi connectivity index (χ0n) is 10.00. The Labute approximate surface area is 109 Å². The second-order valence-corrected chi connectivity index (χ2v) is 5.67. The van der Waals surface area contributed by atoms with E-state index in [1.807, 2.05) is 0 Å². The number of halogens is 1. The van der Waals surface area contributed by atoms with E-state index in [-0.39, 0.29) is 16.3 Å². The number of nitrogens with one attached hydrogen (secondary N) is 2. The molecular formula is C12H17BrN2O2. The molecule has 1 aromatic rings. The molecule has 0 aromatic carbocycles. The van der Waals surface area contributed by atoms with E-state index in [9.17, 15) is 9.59 Å². The van der Waals surface area contributed by atoms with Crippen molar-refractivity contribution in [3.8, 4) is 0 Å². The van der Waals surface area contributed by atoms with E-state index in [1.165, 1.54) is 12.3 Å². The van der Waals surface area contributed by atoms with Gasteiger partial charge in [0.1, 0.15) is 0 Å². The van der Waals surface area contributed by atoms with Crippen molar-refractivity contribution in [3.05, 3.63) is 34.2 Å². The van der Waals surface area contributed by atoms with Crippen LogP contribution in [0.25, 0.3) is 0 Å².